The Hall–Kier alpha value is -0.190. The van der Waals surface area contributed by atoms with Gasteiger partial charge in [0.1, 0.15) is 5.78 Å². The highest BCUT2D eigenvalue weighted by molar-refractivity contribution is 9.10. The zero-order valence-corrected chi connectivity index (χ0v) is 12.5. The van der Waals surface area contributed by atoms with Crippen LogP contribution in [0.3, 0.4) is 0 Å². The van der Waals surface area contributed by atoms with Gasteiger partial charge in [0.25, 0.3) is 0 Å². The standard InChI is InChI=1S/C13H18BrNOS/c1-2-13(4-3-5-15-9-13)12(16)7-11-6-10(14)8-17-11/h6,8,15H,2-5,7,9H2,1H3. The Bertz CT molecular complexity index is 396. The highest BCUT2D eigenvalue weighted by Gasteiger charge is 2.37. The predicted molar refractivity (Wildman–Crippen MR) is 75.6 cm³/mol. The van der Waals surface area contributed by atoms with E-state index in [4.69, 9.17) is 0 Å². The van der Waals surface area contributed by atoms with Gasteiger partial charge in [-0.3, -0.25) is 4.79 Å². The van der Waals surface area contributed by atoms with E-state index in [0.717, 1.165) is 36.8 Å². The Morgan fingerprint density at radius 3 is 3.00 bits per heavy atom. The van der Waals surface area contributed by atoms with Crippen LogP contribution in [0.15, 0.2) is 15.9 Å². The lowest BCUT2D eigenvalue weighted by molar-refractivity contribution is -0.129. The number of nitrogens with one attached hydrogen (secondary N) is 1. The third-order valence-corrected chi connectivity index (χ3v) is 5.39. The van der Waals surface area contributed by atoms with Crippen molar-refractivity contribution in [2.24, 2.45) is 5.41 Å². The molecule has 0 spiro atoms. The lowest BCUT2D eigenvalue weighted by Gasteiger charge is -2.35. The molecule has 1 saturated heterocycles. The first-order chi connectivity index (χ1) is 8.16. The average molecular weight is 316 g/mol. The van der Waals surface area contributed by atoms with Gasteiger partial charge in [-0.15, -0.1) is 11.3 Å². The van der Waals surface area contributed by atoms with Gasteiger partial charge < -0.3 is 5.32 Å². The quantitative estimate of drug-likeness (QED) is 0.922. The molecule has 2 heterocycles. The predicted octanol–water partition coefficient (Wildman–Crippen LogP) is 3.40. The number of piperidine rings is 1. The molecule has 1 fully saturated rings. The molecule has 4 heteroatoms. The molecule has 17 heavy (non-hydrogen) atoms. The monoisotopic (exact) mass is 315 g/mol. The molecule has 0 amide bonds. The number of hydrogen-bond acceptors (Lipinski definition) is 3. The van der Waals surface area contributed by atoms with E-state index in [1.54, 1.807) is 11.3 Å². The van der Waals surface area contributed by atoms with Gasteiger partial charge in [-0.05, 0) is 47.8 Å². The second-order valence-electron chi connectivity index (χ2n) is 4.75. The van der Waals surface area contributed by atoms with Crippen LogP contribution in [-0.4, -0.2) is 18.9 Å². The molecule has 94 valence electrons. The van der Waals surface area contributed by atoms with Crippen LogP contribution >= 0.6 is 27.3 Å². The summed E-state index contributed by atoms with van der Waals surface area (Å²) in [4.78, 5) is 13.6. The number of thiophene rings is 1. The molecule has 2 nitrogen and oxygen atoms in total. The van der Waals surface area contributed by atoms with E-state index < -0.39 is 0 Å². The van der Waals surface area contributed by atoms with Gasteiger partial charge in [0, 0.05) is 33.1 Å². The van der Waals surface area contributed by atoms with Gasteiger partial charge in [-0.2, -0.15) is 0 Å². The first-order valence-electron chi connectivity index (χ1n) is 6.13. The second-order valence-corrected chi connectivity index (χ2v) is 6.66. The van der Waals surface area contributed by atoms with Crippen LogP contribution in [0.5, 0.6) is 0 Å². The number of carbonyl (C=O) groups excluding carboxylic acids is 1. The van der Waals surface area contributed by atoms with Crippen LogP contribution in [-0.2, 0) is 11.2 Å². The number of rotatable bonds is 4. The van der Waals surface area contributed by atoms with E-state index in [0.29, 0.717) is 12.2 Å². The summed E-state index contributed by atoms with van der Waals surface area (Å²) in [7, 11) is 0. The molecule has 0 saturated carbocycles. The van der Waals surface area contributed by atoms with Crippen molar-refractivity contribution < 1.29 is 4.79 Å². The van der Waals surface area contributed by atoms with E-state index in [-0.39, 0.29) is 5.41 Å². The Labute approximate surface area is 115 Å². The lowest BCUT2D eigenvalue weighted by atomic mass is 9.74. The lowest BCUT2D eigenvalue weighted by Crippen LogP contribution is -2.45. The fourth-order valence-corrected chi connectivity index (χ4v) is 3.95. The van der Waals surface area contributed by atoms with Gasteiger partial charge in [0.2, 0.25) is 0 Å². The van der Waals surface area contributed by atoms with Crippen molar-refractivity contribution in [1.82, 2.24) is 5.32 Å². The molecule has 1 aliphatic heterocycles. The van der Waals surface area contributed by atoms with Crippen LogP contribution in [0.1, 0.15) is 31.1 Å². The summed E-state index contributed by atoms with van der Waals surface area (Å²) in [5.74, 6) is 0.404. The fourth-order valence-electron chi connectivity index (χ4n) is 2.50. The first kappa shape index (κ1) is 13.2. The molecule has 1 aromatic rings. The molecular formula is C13H18BrNOS. The summed E-state index contributed by atoms with van der Waals surface area (Å²) in [5, 5.41) is 5.41. The summed E-state index contributed by atoms with van der Waals surface area (Å²) >= 11 is 5.10. The van der Waals surface area contributed by atoms with Crippen molar-refractivity contribution in [2.45, 2.75) is 32.6 Å². The van der Waals surface area contributed by atoms with E-state index in [2.05, 4.69) is 34.2 Å². The number of halogens is 1. The van der Waals surface area contributed by atoms with Crippen LogP contribution in [0, 0.1) is 5.41 Å². The highest BCUT2D eigenvalue weighted by Crippen LogP contribution is 2.33. The Morgan fingerprint density at radius 2 is 2.47 bits per heavy atom. The number of ketones is 1. The number of Topliss-reactive ketones (excluding diaryl/α,β-unsaturated/α-hetero) is 1. The SMILES string of the molecule is CCC1(C(=O)Cc2cc(Br)cs2)CCCNC1. The van der Waals surface area contributed by atoms with Crippen molar-refractivity contribution in [3.8, 4) is 0 Å². The van der Waals surface area contributed by atoms with Gasteiger partial charge in [-0.25, -0.2) is 0 Å². The third kappa shape index (κ3) is 2.98. The van der Waals surface area contributed by atoms with Crippen LogP contribution in [0.25, 0.3) is 0 Å². The molecule has 1 atom stereocenters. The molecule has 0 aromatic carbocycles. The topological polar surface area (TPSA) is 29.1 Å². The summed E-state index contributed by atoms with van der Waals surface area (Å²) in [6.45, 7) is 4.05. The van der Waals surface area contributed by atoms with E-state index in [9.17, 15) is 4.79 Å². The minimum Gasteiger partial charge on any atom is -0.316 e. The maximum atomic E-state index is 12.5. The maximum absolute atomic E-state index is 12.5. The van der Waals surface area contributed by atoms with Crippen LogP contribution < -0.4 is 5.32 Å². The number of carbonyl (C=O) groups is 1. The van der Waals surface area contributed by atoms with Gasteiger partial charge in [0.15, 0.2) is 0 Å². The summed E-state index contributed by atoms with van der Waals surface area (Å²) in [6, 6.07) is 2.06. The van der Waals surface area contributed by atoms with Crippen molar-refractivity contribution in [1.29, 1.82) is 0 Å². The van der Waals surface area contributed by atoms with Crippen LogP contribution in [0.4, 0.5) is 0 Å². The van der Waals surface area contributed by atoms with Crippen LogP contribution in [0.2, 0.25) is 0 Å². The molecule has 0 bridgehead atoms. The Balaban J connectivity index is 2.07. The largest absolute Gasteiger partial charge is 0.316 e. The zero-order valence-electron chi connectivity index (χ0n) is 10.1. The molecule has 0 radical (unpaired) electrons. The fraction of sp³-hybridized carbons (Fsp3) is 0.615. The maximum Gasteiger partial charge on any atom is 0.145 e. The Kier molecular flexibility index (Phi) is 4.39. The molecular weight excluding hydrogens is 298 g/mol. The van der Waals surface area contributed by atoms with Gasteiger partial charge in [0.05, 0.1) is 0 Å². The smallest absolute Gasteiger partial charge is 0.145 e. The van der Waals surface area contributed by atoms with E-state index in [1.165, 1.54) is 4.88 Å². The summed E-state index contributed by atoms with van der Waals surface area (Å²) in [6.07, 6.45) is 3.70. The van der Waals surface area contributed by atoms with Crippen molar-refractivity contribution in [3.05, 3.63) is 20.8 Å². The van der Waals surface area contributed by atoms with Crippen molar-refractivity contribution in [3.63, 3.8) is 0 Å². The molecule has 2 rings (SSSR count). The van der Waals surface area contributed by atoms with Gasteiger partial charge >= 0.3 is 0 Å². The normalized spacial score (nSPS) is 24.8. The Morgan fingerprint density at radius 1 is 1.65 bits per heavy atom. The van der Waals surface area contributed by atoms with E-state index in [1.807, 2.05) is 5.38 Å². The molecule has 0 aliphatic carbocycles. The minimum absolute atomic E-state index is 0.116. The van der Waals surface area contributed by atoms with Crippen molar-refractivity contribution >= 4 is 33.0 Å². The summed E-state index contributed by atoms with van der Waals surface area (Å²) in [5.41, 5.74) is -0.116. The summed E-state index contributed by atoms with van der Waals surface area (Å²) < 4.78 is 1.08. The van der Waals surface area contributed by atoms with E-state index >= 15 is 0 Å². The number of hydrogen-bond donors (Lipinski definition) is 1. The van der Waals surface area contributed by atoms with Crippen molar-refractivity contribution in [2.75, 3.05) is 13.1 Å². The molecule has 1 unspecified atom stereocenters. The third-order valence-electron chi connectivity index (χ3n) is 3.70. The highest BCUT2D eigenvalue weighted by atomic mass is 79.9. The first-order valence-corrected chi connectivity index (χ1v) is 7.80. The van der Waals surface area contributed by atoms with Gasteiger partial charge in [-0.1, -0.05) is 6.92 Å². The second kappa shape index (κ2) is 5.63. The minimum atomic E-state index is -0.116. The molecule has 1 N–H and O–H groups in total. The molecule has 1 aromatic heterocycles. The average Bonchev–Trinajstić information content (AvgIpc) is 2.75. The zero-order chi connectivity index (χ0) is 12.3. The molecule has 1 aliphatic rings.